The summed E-state index contributed by atoms with van der Waals surface area (Å²) in [6.07, 6.45) is 2.26. The maximum atomic E-state index is 12.7. The van der Waals surface area contributed by atoms with Gasteiger partial charge in [-0.2, -0.15) is 0 Å². The van der Waals surface area contributed by atoms with Gasteiger partial charge in [0.25, 0.3) is 0 Å². The summed E-state index contributed by atoms with van der Waals surface area (Å²) in [5.41, 5.74) is 4.11. The van der Waals surface area contributed by atoms with Crippen LogP contribution in [0.4, 0.5) is 0 Å². The molecule has 224 valence electrons. The van der Waals surface area contributed by atoms with Gasteiger partial charge in [0.15, 0.2) is 0 Å². The molecule has 0 bridgehead atoms. The Morgan fingerprint density at radius 1 is 0.841 bits per heavy atom. The summed E-state index contributed by atoms with van der Waals surface area (Å²) >= 11 is 0. The first-order chi connectivity index (χ1) is 21.6. The summed E-state index contributed by atoms with van der Waals surface area (Å²) in [5.74, 6) is 3.60. The van der Waals surface area contributed by atoms with Crippen LogP contribution in [0.15, 0.2) is 114 Å². The summed E-state index contributed by atoms with van der Waals surface area (Å²) in [6, 6.07) is 35.6. The van der Waals surface area contributed by atoms with Crippen molar-refractivity contribution in [3.8, 4) is 28.7 Å². The van der Waals surface area contributed by atoms with Crippen molar-refractivity contribution < 1.29 is 23.4 Å². The van der Waals surface area contributed by atoms with E-state index in [0.29, 0.717) is 25.5 Å². The van der Waals surface area contributed by atoms with Gasteiger partial charge in [-0.3, -0.25) is 9.69 Å². The number of carbonyl (C=O) groups is 1. The fourth-order valence-electron chi connectivity index (χ4n) is 5.75. The summed E-state index contributed by atoms with van der Waals surface area (Å²) < 4.78 is 23.1. The molecule has 44 heavy (non-hydrogen) atoms. The van der Waals surface area contributed by atoms with Crippen LogP contribution in [0.25, 0.3) is 11.5 Å². The molecule has 0 unspecified atom stereocenters. The Bertz CT molecular complexity index is 1650. The van der Waals surface area contributed by atoms with Gasteiger partial charge in [-0.15, -0.1) is 0 Å². The highest BCUT2D eigenvalue weighted by atomic mass is 16.5. The van der Waals surface area contributed by atoms with Crippen LogP contribution in [-0.4, -0.2) is 35.6 Å². The van der Waals surface area contributed by atoms with Gasteiger partial charge in [0, 0.05) is 24.6 Å². The fraction of sp³-hybridized carbons (Fsp3) is 0.243. The first-order valence-corrected chi connectivity index (χ1v) is 15.0. The van der Waals surface area contributed by atoms with Crippen LogP contribution in [0, 0.1) is 6.92 Å². The molecule has 7 nitrogen and oxygen atoms in total. The average molecular weight is 589 g/mol. The first-order valence-electron chi connectivity index (χ1n) is 15.0. The van der Waals surface area contributed by atoms with Crippen LogP contribution in [-0.2, 0) is 22.5 Å². The van der Waals surface area contributed by atoms with Crippen molar-refractivity contribution in [2.75, 3.05) is 13.7 Å². The van der Waals surface area contributed by atoms with Gasteiger partial charge < -0.3 is 18.6 Å². The largest absolute Gasteiger partial charge is 0.493 e. The summed E-state index contributed by atoms with van der Waals surface area (Å²) in [4.78, 5) is 19.6. The zero-order valence-electron chi connectivity index (χ0n) is 25.0. The van der Waals surface area contributed by atoms with Gasteiger partial charge in [-0.25, -0.2) is 4.98 Å². The lowest BCUT2D eigenvalue weighted by Crippen LogP contribution is -2.37. The highest BCUT2D eigenvalue weighted by molar-refractivity contribution is 5.76. The van der Waals surface area contributed by atoms with E-state index in [4.69, 9.17) is 18.6 Å². The summed E-state index contributed by atoms with van der Waals surface area (Å²) in [5, 5.41) is 0. The Balaban J connectivity index is 1.09. The smallest absolute Gasteiger partial charge is 0.323 e. The van der Waals surface area contributed by atoms with Crippen LogP contribution in [0.3, 0.4) is 0 Å². The van der Waals surface area contributed by atoms with E-state index in [0.717, 1.165) is 58.2 Å². The molecule has 7 heteroatoms. The predicted octanol–water partition coefficient (Wildman–Crippen LogP) is 7.94. The maximum absolute atomic E-state index is 12.7. The molecular weight excluding hydrogens is 552 g/mol. The standard InChI is InChI=1S/C37H36N2O5/c1-26-33(38-36(43-26)29-9-5-3-6-10-29)23-24-42-30-19-15-28(16-20-30)34-21-22-35(37(40)41-2)39(34)25-27-13-17-32(18-14-27)44-31-11-7-4-8-12-31/h3-20,34-35H,21-25H2,1-2H3/t34-,35+/m1/s1. The molecule has 1 saturated heterocycles. The first kappa shape index (κ1) is 29.2. The van der Waals surface area contributed by atoms with E-state index in [9.17, 15) is 4.79 Å². The second-order valence-corrected chi connectivity index (χ2v) is 10.9. The highest BCUT2D eigenvalue weighted by Crippen LogP contribution is 2.38. The number of hydrogen-bond donors (Lipinski definition) is 0. The number of aromatic nitrogens is 1. The third-order valence-electron chi connectivity index (χ3n) is 8.04. The number of benzene rings is 4. The van der Waals surface area contributed by atoms with Crippen molar-refractivity contribution in [1.82, 2.24) is 9.88 Å². The topological polar surface area (TPSA) is 74.0 Å². The minimum absolute atomic E-state index is 0.0857. The van der Waals surface area contributed by atoms with Crippen LogP contribution in [0.5, 0.6) is 17.2 Å². The minimum atomic E-state index is -0.298. The van der Waals surface area contributed by atoms with Crippen molar-refractivity contribution >= 4 is 5.97 Å². The van der Waals surface area contributed by atoms with Gasteiger partial charge >= 0.3 is 5.97 Å². The monoisotopic (exact) mass is 588 g/mol. The number of oxazole rings is 1. The molecule has 1 aliphatic heterocycles. The second kappa shape index (κ2) is 13.6. The number of esters is 1. The van der Waals surface area contributed by atoms with Crippen LogP contribution < -0.4 is 9.47 Å². The molecule has 6 rings (SSSR count). The van der Waals surface area contributed by atoms with E-state index >= 15 is 0 Å². The summed E-state index contributed by atoms with van der Waals surface area (Å²) in [6.45, 7) is 3.05. The number of likely N-dealkylation sites (tertiary alicyclic amines) is 1. The normalized spacial score (nSPS) is 16.5. The van der Waals surface area contributed by atoms with Crippen molar-refractivity contribution in [2.45, 2.75) is 44.8 Å². The molecule has 0 N–H and O–H groups in total. The third kappa shape index (κ3) is 6.84. The minimum Gasteiger partial charge on any atom is -0.493 e. The maximum Gasteiger partial charge on any atom is 0.323 e. The molecule has 5 aromatic rings. The number of nitrogens with zero attached hydrogens (tertiary/aromatic N) is 2. The van der Waals surface area contributed by atoms with Crippen molar-refractivity contribution in [2.24, 2.45) is 0 Å². The van der Waals surface area contributed by atoms with Crippen molar-refractivity contribution in [3.63, 3.8) is 0 Å². The van der Waals surface area contributed by atoms with E-state index in [-0.39, 0.29) is 18.1 Å². The number of rotatable bonds is 11. The number of para-hydroxylation sites is 1. The van der Waals surface area contributed by atoms with Gasteiger partial charge in [0.05, 0.1) is 19.4 Å². The number of methoxy groups -OCH3 is 1. The van der Waals surface area contributed by atoms with Crippen LogP contribution in [0.2, 0.25) is 0 Å². The molecule has 0 spiro atoms. The molecular formula is C37H36N2O5. The van der Waals surface area contributed by atoms with Gasteiger partial charge in [-0.1, -0.05) is 60.7 Å². The molecule has 1 fully saturated rings. The molecule has 0 radical (unpaired) electrons. The lowest BCUT2D eigenvalue weighted by atomic mass is 10.0. The van der Waals surface area contributed by atoms with Crippen LogP contribution in [0.1, 0.15) is 41.5 Å². The summed E-state index contributed by atoms with van der Waals surface area (Å²) in [7, 11) is 1.46. The lowest BCUT2D eigenvalue weighted by molar-refractivity contribution is -0.146. The third-order valence-corrected chi connectivity index (χ3v) is 8.04. The molecule has 0 amide bonds. The Labute approximate surface area is 258 Å². The molecule has 4 aromatic carbocycles. The lowest BCUT2D eigenvalue weighted by Gasteiger charge is -2.29. The van der Waals surface area contributed by atoms with Gasteiger partial charge in [0.1, 0.15) is 29.1 Å². The van der Waals surface area contributed by atoms with Gasteiger partial charge in [-0.05, 0) is 79.4 Å². The molecule has 2 atom stereocenters. The van der Waals surface area contributed by atoms with E-state index in [1.165, 1.54) is 7.11 Å². The van der Waals surface area contributed by atoms with E-state index in [1.807, 2.05) is 91.9 Å². The Morgan fingerprint density at radius 2 is 1.50 bits per heavy atom. The Morgan fingerprint density at radius 3 is 2.20 bits per heavy atom. The molecule has 1 aliphatic rings. The number of hydrogen-bond acceptors (Lipinski definition) is 7. The molecule has 0 saturated carbocycles. The SMILES string of the molecule is COC(=O)[C@@H]1CC[C@H](c2ccc(OCCc3nc(-c4ccccc4)oc3C)cc2)N1Cc1ccc(Oc2ccccc2)cc1. The second-order valence-electron chi connectivity index (χ2n) is 10.9. The average Bonchev–Trinajstić information content (AvgIpc) is 3.66. The Hall–Kier alpha value is -4.88. The van der Waals surface area contributed by atoms with Gasteiger partial charge in [0.2, 0.25) is 5.89 Å². The van der Waals surface area contributed by atoms with E-state index in [2.05, 4.69) is 34.1 Å². The van der Waals surface area contributed by atoms with E-state index < -0.39 is 0 Å². The van der Waals surface area contributed by atoms with Crippen molar-refractivity contribution in [3.05, 3.63) is 132 Å². The van der Waals surface area contributed by atoms with E-state index in [1.54, 1.807) is 0 Å². The van der Waals surface area contributed by atoms with Crippen molar-refractivity contribution in [1.29, 1.82) is 0 Å². The Kier molecular flexibility index (Phi) is 9.03. The van der Waals surface area contributed by atoms with Crippen LogP contribution >= 0.6 is 0 Å². The zero-order chi connectivity index (χ0) is 30.3. The number of ether oxygens (including phenoxy) is 3. The quantitative estimate of drug-likeness (QED) is 0.145. The number of carbonyl (C=O) groups excluding carboxylic acids is 1. The molecule has 2 heterocycles. The fourth-order valence-corrected chi connectivity index (χ4v) is 5.75. The molecule has 0 aliphatic carbocycles. The molecule has 1 aromatic heterocycles. The zero-order valence-corrected chi connectivity index (χ0v) is 25.0. The number of aryl methyl sites for hydroxylation is 1. The highest BCUT2D eigenvalue weighted by Gasteiger charge is 2.39. The predicted molar refractivity (Wildman–Crippen MR) is 169 cm³/mol.